The second kappa shape index (κ2) is 6.24. The van der Waals surface area contributed by atoms with Gasteiger partial charge in [0.15, 0.2) is 0 Å². The van der Waals surface area contributed by atoms with Gasteiger partial charge in [-0.15, -0.1) is 0 Å². The van der Waals surface area contributed by atoms with Gasteiger partial charge < -0.3 is 14.6 Å². The summed E-state index contributed by atoms with van der Waals surface area (Å²) < 4.78 is 1.88. The highest BCUT2D eigenvalue weighted by molar-refractivity contribution is 5.76. The number of aliphatic hydroxyl groups is 1. The molecule has 1 saturated carbocycles. The first-order valence-electron chi connectivity index (χ1n) is 7.28. The smallest absolute Gasteiger partial charge is 0.242 e. The number of rotatable bonds is 7. The maximum Gasteiger partial charge on any atom is 0.242 e. The summed E-state index contributed by atoms with van der Waals surface area (Å²) >= 11 is 0. The van der Waals surface area contributed by atoms with Crippen molar-refractivity contribution in [2.45, 2.75) is 58.2 Å². The molecule has 4 nitrogen and oxygen atoms in total. The van der Waals surface area contributed by atoms with E-state index >= 15 is 0 Å². The van der Waals surface area contributed by atoms with E-state index in [4.69, 9.17) is 0 Å². The molecule has 1 unspecified atom stereocenters. The van der Waals surface area contributed by atoms with Gasteiger partial charge >= 0.3 is 0 Å². The van der Waals surface area contributed by atoms with Crippen molar-refractivity contribution in [3.8, 4) is 0 Å². The molecule has 0 aliphatic heterocycles. The molecular formula is C15H24N2O2. The molecule has 1 atom stereocenters. The van der Waals surface area contributed by atoms with E-state index in [1.807, 2.05) is 34.9 Å². The molecule has 4 heteroatoms. The molecule has 1 N–H and O–H groups in total. The minimum atomic E-state index is -0.410. The molecule has 0 aromatic carbocycles. The fraction of sp³-hybridized carbons (Fsp3) is 0.667. The predicted octanol–water partition coefficient (Wildman–Crippen LogP) is 2.33. The van der Waals surface area contributed by atoms with E-state index in [9.17, 15) is 9.90 Å². The van der Waals surface area contributed by atoms with Gasteiger partial charge in [0.25, 0.3) is 0 Å². The molecule has 0 saturated heterocycles. The first-order chi connectivity index (χ1) is 9.15. The lowest BCUT2D eigenvalue weighted by Gasteiger charge is -2.20. The lowest BCUT2D eigenvalue weighted by atomic mass is 10.1. The molecule has 2 rings (SSSR count). The fourth-order valence-corrected chi connectivity index (χ4v) is 2.47. The summed E-state index contributed by atoms with van der Waals surface area (Å²) in [4.78, 5) is 14.1. The molecular weight excluding hydrogens is 240 g/mol. The van der Waals surface area contributed by atoms with E-state index in [0.717, 1.165) is 37.8 Å². The minimum Gasteiger partial charge on any atom is -0.388 e. The molecule has 0 bridgehead atoms. The highest BCUT2D eigenvalue weighted by Crippen LogP contribution is 2.27. The lowest BCUT2D eigenvalue weighted by Crippen LogP contribution is -2.35. The average molecular weight is 264 g/mol. The molecule has 1 aliphatic carbocycles. The third-order valence-corrected chi connectivity index (χ3v) is 3.69. The highest BCUT2D eigenvalue weighted by atomic mass is 16.3. The van der Waals surface area contributed by atoms with Gasteiger partial charge in [-0.25, -0.2) is 0 Å². The number of carbonyl (C=O) groups excluding carboxylic acids is 1. The zero-order valence-corrected chi connectivity index (χ0v) is 11.9. The van der Waals surface area contributed by atoms with Crippen LogP contribution >= 0.6 is 0 Å². The Morgan fingerprint density at radius 1 is 1.53 bits per heavy atom. The van der Waals surface area contributed by atoms with Crippen LogP contribution in [0, 0.1) is 0 Å². The first-order valence-corrected chi connectivity index (χ1v) is 7.28. The Bertz CT molecular complexity index is 424. The van der Waals surface area contributed by atoms with Crippen LogP contribution in [0.15, 0.2) is 18.5 Å². The molecule has 1 heterocycles. The van der Waals surface area contributed by atoms with Crippen LogP contribution in [0.2, 0.25) is 0 Å². The zero-order chi connectivity index (χ0) is 13.8. The average Bonchev–Trinajstić information content (AvgIpc) is 3.09. The van der Waals surface area contributed by atoms with Crippen LogP contribution in [0.5, 0.6) is 0 Å². The van der Waals surface area contributed by atoms with Crippen LogP contribution in [-0.4, -0.2) is 33.1 Å². The Balaban J connectivity index is 1.93. The quantitative estimate of drug-likeness (QED) is 0.821. The normalized spacial score (nSPS) is 16.4. The van der Waals surface area contributed by atoms with Crippen LogP contribution in [0.1, 0.15) is 51.2 Å². The van der Waals surface area contributed by atoms with E-state index < -0.39 is 6.10 Å². The summed E-state index contributed by atoms with van der Waals surface area (Å²) in [6.07, 6.45) is 7.37. The maximum absolute atomic E-state index is 12.2. The minimum absolute atomic E-state index is 0.178. The summed E-state index contributed by atoms with van der Waals surface area (Å²) in [5.41, 5.74) is 0.907. The lowest BCUT2D eigenvalue weighted by molar-refractivity contribution is -0.132. The van der Waals surface area contributed by atoms with Gasteiger partial charge in [0.1, 0.15) is 6.54 Å². The van der Waals surface area contributed by atoms with Crippen molar-refractivity contribution >= 4 is 5.91 Å². The second-order valence-corrected chi connectivity index (χ2v) is 5.33. The standard InChI is InChI=1S/C15H24N2O2/c1-3-5-14(18)12-8-9-16(10-12)11-15(19)17(4-2)13-6-7-13/h8-10,13-14,18H,3-7,11H2,1-2H3. The van der Waals surface area contributed by atoms with Gasteiger partial charge in [-0.1, -0.05) is 13.3 Å². The van der Waals surface area contributed by atoms with Gasteiger partial charge in [-0.05, 0) is 37.8 Å². The number of likely N-dealkylation sites (N-methyl/N-ethyl adjacent to an activating group) is 1. The van der Waals surface area contributed by atoms with Crippen LogP contribution < -0.4 is 0 Å². The number of hydrogen-bond acceptors (Lipinski definition) is 2. The summed E-state index contributed by atoms with van der Waals surface area (Å²) in [5, 5.41) is 9.91. The first kappa shape index (κ1) is 14.1. The molecule has 1 aromatic rings. The highest BCUT2D eigenvalue weighted by Gasteiger charge is 2.31. The molecule has 1 aliphatic rings. The van der Waals surface area contributed by atoms with Crippen LogP contribution in [-0.2, 0) is 11.3 Å². The number of aliphatic hydroxyl groups excluding tert-OH is 1. The number of nitrogens with zero attached hydrogens (tertiary/aromatic N) is 2. The van der Waals surface area contributed by atoms with E-state index in [1.165, 1.54) is 0 Å². The monoisotopic (exact) mass is 264 g/mol. The Labute approximate surface area is 115 Å². The van der Waals surface area contributed by atoms with E-state index in [1.54, 1.807) is 0 Å². The van der Waals surface area contributed by atoms with Crippen molar-refractivity contribution in [3.05, 3.63) is 24.0 Å². The molecule has 1 amide bonds. The summed E-state index contributed by atoms with van der Waals surface area (Å²) in [5.74, 6) is 0.178. The fourth-order valence-electron chi connectivity index (χ4n) is 2.47. The Kier molecular flexibility index (Phi) is 4.64. The SMILES string of the molecule is CCCC(O)c1ccn(CC(=O)N(CC)C2CC2)c1. The van der Waals surface area contributed by atoms with Gasteiger partial charge in [0.05, 0.1) is 6.10 Å². The van der Waals surface area contributed by atoms with Crippen LogP contribution in [0.4, 0.5) is 0 Å². The van der Waals surface area contributed by atoms with Crippen molar-refractivity contribution < 1.29 is 9.90 Å². The summed E-state index contributed by atoms with van der Waals surface area (Å²) in [6.45, 7) is 5.25. The van der Waals surface area contributed by atoms with E-state index in [-0.39, 0.29) is 5.91 Å². The van der Waals surface area contributed by atoms with E-state index in [0.29, 0.717) is 12.6 Å². The van der Waals surface area contributed by atoms with Crippen molar-refractivity contribution in [1.29, 1.82) is 0 Å². The molecule has 19 heavy (non-hydrogen) atoms. The van der Waals surface area contributed by atoms with Crippen LogP contribution in [0.3, 0.4) is 0 Å². The molecule has 106 valence electrons. The van der Waals surface area contributed by atoms with Crippen molar-refractivity contribution in [2.24, 2.45) is 0 Å². The second-order valence-electron chi connectivity index (χ2n) is 5.33. The summed E-state index contributed by atoms with van der Waals surface area (Å²) in [7, 11) is 0. The molecule has 0 radical (unpaired) electrons. The van der Waals surface area contributed by atoms with Gasteiger partial charge in [-0.2, -0.15) is 0 Å². The Hall–Kier alpha value is -1.29. The third-order valence-electron chi connectivity index (χ3n) is 3.69. The van der Waals surface area contributed by atoms with Gasteiger partial charge in [-0.3, -0.25) is 4.79 Å². The van der Waals surface area contributed by atoms with Gasteiger partial charge in [0, 0.05) is 25.0 Å². The molecule has 1 fully saturated rings. The summed E-state index contributed by atoms with van der Waals surface area (Å²) in [6, 6.07) is 2.37. The number of hydrogen-bond donors (Lipinski definition) is 1. The Morgan fingerprint density at radius 3 is 2.84 bits per heavy atom. The molecule has 0 spiro atoms. The number of aromatic nitrogens is 1. The van der Waals surface area contributed by atoms with Crippen LogP contribution in [0.25, 0.3) is 0 Å². The van der Waals surface area contributed by atoms with E-state index in [2.05, 4.69) is 6.92 Å². The van der Waals surface area contributed by atoms with Crippen molar-refractivity contribution in [2.75, 3.05) is 6.54 Å². The van der Waals surface area contributed by atoms with Crippen molar-refractivity contribution in [1.82, 2.24) is 9.47 Å². The van der Waals surface area contributed by atoms with Crippen molar-refractivity contribution in [3.63, 3.8) is 0 Å². The Morgan fingerprint density at radius 2 is 2.26 bits per heavy atom. The molecule has 1 aromatic heterocycles. The topological polar surface area (TPSA) is 45.5 Å². The third kappa shape index (κ3) is 3.60. The largest absolute Gasteiger partial charge is 0.388 e. The predicted molar refractivity (Wildman–Crippen MR) is 74.7 cm³/mol. The number of carbonyl (C=O) groups is 1. The number of amides is 1. The maximum atomic E-state index is 12.2. The zero-order valence-electron chi connectivity index (χ0n) is 11.9. The van der Waals surface area contributed by atoms with Gasteiger partial charge in [0.2, 0.25) is 5.91 Å².